The van der Waals surface area contributed by atoms with Gasteiger partial charge in [-0.3, -0.25) is 10.1 Å². The van der Waals surface area contributed by atoms with E-state index < -0.39 is 4.92 Å². The van der Waals surface area contributed by atoms with E-state index in [1.807, 2.05) is 55.5 Å². The lowest BCUT2D eigenvalue weighted by Gasteiger charge is -2.10. The number of aryl methyl sites for hydroxylation is 1. The number of aromatic nitrogens is 2. The fourth-order valence-corrected chi connectivity index (χ4v) is 2.69. The fraction of sp³-hybridized carbons (Fsp3) is 0.111. The molecule has 0 saturated heterocycles. The first-order valence-electron chi connectivity index (χ1n) is 7.84. The van der Waals surface area contributed by atoms with Gasteiger partial charge in [-0.1, -0.05) is 29.8 Å². The van der Waals surface area contributed by atoms with Gasteiger partial charge in [0.25, 0.3) is 0 Å². The molecule has 0 aliphatic rings. The average molecular weight is 461 g/mol. The smallest absolute Gasteiger partial charge is 0.353 e. The molecule has 0 saturated carbocycles. The molecule has 2 aromatic carbocycles. The van der Waals surface area contributed by atoms with E-state index >= 15 is 0 Å². The normalized spacial score (nSPS) is 10.4. The number of nitrogens with one attached hydrogen (secondary N) is 2. The molecule has 0 atom stereocenters. The summed E-state index contributed by atoms with van der Waals surface area (Å²) in [5.41, 5.74) is 2.70. The van der Waals surface area contributed by atoms with Crippen LogP contribution in [0.3, 0.4) is 0 Å². The second-order valence-corrected chi connectivity index (χ2v) is 6.89. The zero-order valence-corrected chi connectivity index (χ0v) is 16.1. The molecule has 0 spiro atoms. The van der Waals surface area contributed by atoms with Gasteiger partial charge in [-0.25, -0.2) is 9.97 Å². The van der Waals surface area contributed by atoms with Crippen LogP contribution in [-0.2, 0) is 6.54 Å². The molecule has 0 fully saturated rings. The maximum atomic E-state index is 11.6. The largest absolute Gasteiger partial charge is 0.360 e. The third-order valence-corrected chi connectivity index (χ3v) is 4.41. The summed E-state index contributed by atoms with van der Waals surface area (Å²) >= 11 is 2.20. The van der Waals surface area contributed by atoms with Crippen molar-refractivity contribution in [1.29, 1.82) is 0 Å². The number of anilines is 3. The van der Waals surface area contributed by atoms with Crippen LogP contribution < -0.4 is 10.6 Å². The minimum Gasteiger partial charge on any atom is -0.360 e. The molecule has 0 radical (unpaired) electrons. The van der Waals surface area contributed by atoms with Gasteiger partial charge >= 0.3 is 5.69 Å². The third kappa shape index (κ3) is 4.45. The Bertz CT molecular complexity index is 914. The Balaban J connectivity index is 1.84. The number of benzene rings is 2. The van der Waals surface area contributed by atoms with Gasteiger partial charge in [0.15, 0.2) is 0 Å². The van der Waals surface area contributed by atoms with E-state index in [4.69, 9.17) is 0 Å². The van der Waals surface area contributed by atoms with E-state index in [2.05, 4.69) is 43.2 Å². The first-order chi connectivity index (χ1) is 12.5. The molecule has 7 nitrogen and oxygen atoms in total. The molecule has 3 aromatic rings. The van der Waals surface area contributed by atoms with Crippen molar-refractivity contribution in [1.82, 2.24) is 9.97 Å². The molecule has 0 bridgehead atoms. The van der Waals surface area contributed by atoms with Gasteiger partial charge in [0.1, 0.15) is 6.33 Å². The number of rotatable bonds is 6. The second kappa shape index (κ2) is 8.09. The van der Waals surface area contributed by atoms with E-state index in [0.29, 0.717) is 6.54 Å². The van der Waals surface area contributed by atoms with E-state index in [-0.39, 0.29) is 17.3 Å². The average Bonchev–Trinajstić information content (AvgIpc) is 2.63. The minimum atomic E-state index is -0.480. The Morgan fingerprint density at radius 3 is 2.35 bits per heavy atom. The summed E-state index contributed by atoms with van der Waals surface area (Å²) in [6.07, 6.45) is 1.31. The topological polar surface area (TPSA) is 93.0 Å². The van der Waals surface area contributed by atoms with Gasteiger partial charge in [-0.15, -0.1) is 0 Å². The molecule has 0 unspecified atom stereocenters. The van der Waals surface area contributed by atoms with Gasteiger partial charge in [0, 0.05) is 15.8 Å². The maximum Gasteiger partial charge on any atom is 0.353 e. The summed E-state index contributed by atoms with van der Waals surface area (Å²) < 4.78 is 1.07. The summed E-state index contributed by atoms with van der Waals surface area (Å²) in [6.45, 7) is 2.44. The van der Waals surface area contributed by atoms with Gasteiger partial charge in [-0.2, -0.15) is 0 Å². The molecule has 26 heavy (non-hydrogen) atoms. The van der Waals surface area contributed by atoms with Gasteiger partial charge in [0.2, 0.25) is 11.6 Å². The maximum absolute atomic E-state index is 11.6. The Morgan fingerprint density at radius 1 is 1.04 bits per heavy atom. The lowest BCUT2D eigenvalue weighted by Crippen LogP contribution is -2.08. The number of hydrogen-bond donors (Lipinski definition) is 2. The molecule has 1 heterocycles. The molecular weight excluding hydrogens is 445 g/mol. The van der Waals surface area contributed by atoms with Gasteiger partial charge in [0.05, 0.1) is 4.92 Å². The molecule has 2 N–H and O–H groups in total. The highest BCUT2D eigenvalue weighted by Crippen LogP contribution is 2.31. The Morgan fingerprint density at radius 2 is 1.69 bits per heavy atom. The summed E-state index contributed by atoms with van der Waals surface area (Å²) in [6, 6.07) is 15.4. The standard InChI is InChI=1S/C18H16IN5O2/c1-12-2-4-13(5-3-12)10-20-17-16(24(25)26)18(22-11-21-17)23-15-8-6-14(19)7-9-15/h2-9,11H,10H2,1H3,(H2,20,21,22,23). The SMILES string of the molecule is Cc1ccc(CNc2ncnc(Nc3ccc(I)cc3)c2[N+](=O)[O-])cc1. The van der Waals surface area contributed by atoms with Crippen molar-refractivity contribution < 1.29 is 4.92 Å². The molecule has 0 aliphatic heterocycles. The number of hydrogen-bond acceptors (Lipinski definition) is 6. The first-order valence-corrected chi connectivity index (χ1v) is 8.92. The highest BCUT2D eigenvalue weighted by atomic mass is 127. The van der Waals surface area contributed by atoms with Crippen molar-refractivity contribution in [3.05, 3.63) is 79.7 Å². The fourth-order valence-electron chi connectivity index (χ4n) is 2.33. The van der Waals surface area contributed by atoms with E-state index in [1.54, 1.807) is 0 Å². The second-order valence-electron chi connectivity index (χ2n) is 5.65. The Labute approximate surface area is 164 Å². The predicted molar refractivity (Wildman–Crippen MR) is 110 cm³/mol. The number of halogens is 1. The molecular formula is C18H16IN5O2. The molecule has 8 heteroatoms. The number of nitrogens with zero attached hydrogens (tertiary/aromatic N) is 3. The van der Waals surface area contributed by atoms with E-state index in [1.165, 1.54) is 6.33 Å². The van der Waals surface area contributed by atoms with Crippen molar-refractivity contribution in [2.45, 2.75) is 13.5 Å². The van der Waals surface area contributed by atoms with Crippen LogP contribution in [0.1, 0.15) is 11.1 Å². The monoisotopic (exact) mass is 461 g/mol. The molecule has 3 rings (SSSR count). The van der Waals surface area contributed by atoms with Crippen LogP contribution in [0.15, 0.2) is 54.9 Å². The Kier molecular flexibility index (Phi) is 5.61. The van der Waals surface area contributed by atoms with Crippen LogP contribution in [0.2, 0.25) is 0 Å². The zero-order valence-electron chi connectivity index (χ0n) is 13.9. The summed E-state index contributed by atoms with van der Waals surface area (Å²) in [5.74, 6) is 0.330. The van der Waals surface area contributed by atoms with Crippen LogP contribution >= 0.6 is 22.6 Å². The molecule has 0 amide bonds. The number of nitro groups is 1. The van der Waals surface area contributed by atoms with Crippen molar-refractivity contribution >= 4 is 45.6 Å². The summed E-state index contributed by atoms with van der Waals surface area (Å²) in [5, 5.41) is 17.6. The van der Waals surface area contributed by atoms with Crippen molar-refractivity contribution in [3.63, 3.8) is 0 Å². The minimum absolute atomic E-state index is 0.151. The predicted octanol–water partition coefficient (Wildman–Crippen LogP) is 4.65. The first kappa shape index (κ1) is 18.1. The third-order valence-electron chi connectivity index (χ3n) is 3.69. The van der Waals surface area contributed by atoms with Crippen LogP contribution in [0.4, 0.5) is 23.0 Å². The highest BCUT2D eigenvalue weighted by Gasteiger charge is 2.23. The van der Waals surface area contributed by atoms with E-state index in [0.717, 1.165) is 20.4 Å². The molecule has 0 aliphatic carbocycles. The summed E-state index contributed by atoms with van der Waals surface area (Å²) in [4.78, 5) is 19.2. The van der Waals surface area contributed by atoms with Crippen LogP contribution in [0, 0.1) is 20.6 Å². The molecule has 1 aromatic heterocycles. The van der Waals surface area contributed by atoms with Crippen LogP contribution in [0.25, 0.3) is 0 Å². The lowest BCUT2D eigenvalue weighted by molar-refractivity contribution is -0.383. The van der Waals surface area contributed by atoms with Crippen LogP contribution in [-0.4, -0.2) is 14.9 Å². The Hall–Kier alpha value is -2.75. The van der Waals surface area contributed by atoms with Crippen LogP contribution in [0.5, 0.6) is 0 Å². The quantitative estimate of drug-likeness (QED) is 0.315. The molecule has 132 valence electrons. The highest BCUT2D eigenvalue weighted by molar-refractivity contribution is 14.1. The van der Waals surface area contributed by atoms with Crippen molar-refractivity contribution in [2.75, 3.05) is 10.6 Å². The van der Waals surface area contributed by atoms with Gasteiger partial charge in [-0.05, 0) is 59.3 Å². The van der Waals surface area contributed by atoms with Gasteiger partial charge < -0.3 is 10.6 Å². The van der Waals surface area contributed by atoms with Crippen molar-refractivity contribution in [2.24, 2.45) is 0 Å². The van der Waals surface area contributed by atoms with Crippen molar-refractivity contribution in [3.8, 4) is 0 Å². The zero-order chi connectivity index (χ0) is 18.5. The van der Waals surface area contributed by atoms with E-state index in [9.17, 15) is 10.1 Å². The lowest BCUT2D eigenvalue weighted by atomic mass is 10.1. The summed E-state index contributed by atoms with van der Waals surface area (Å²) in [7, 11) is 0.